The zero-order valence-electron chi connectivity index (χ0n) is 9.02. The van der Waals surface area contributed by atoms with E-state index in [1.807, 2.05) is 30.3 Å². The van der Waals surface area contributed by atoms with Gasteiger partial charge < -0.3 is 0 Å². The summed E-state index contributed by atoms with van der Waals surface area (Å²) in [6.45, 7) is 1.66. The molecule has 6 heteroatoms. The molecule has 1 heterocycles. The minimum atomic E-state index is -0.307. The van der Waals surface area contributed by atoms with Gasteiger partial charge in [0, 0.05) is 5.57 Å². The molecule has 0 aliphatic carbocycles. The summed E-state index contributed by atoms with van der Waals surface area (Å²) in [7, 11) is 0. The van der Waals surface area contributed by atoms with Crippen molar-refractivity contribution in [3.8, 4) is 0 Å². The Morgan fingerprint density at radius 1 is 1.00 bits per heavy atom. The fourth-order valence-electron chi connectivity index (χ4n) is 1.50. The lowest BCUT2D eigenvalue weighted by atomic mass is 10.0. The van der Waals surface area contributed by atoms with E-state index in [2.05, 4.69) is 10.9 Å². The molecule has 17 heavy (non-hydrogen) atoms. The number of hydrogen-bond donors (Lipinski definition) is 2. The number of hydrogen-bond acceptors (Lipinski definition) is 4. The Morgan fingerprint density at radius 2 is 1.53 bits per heavy atom. The average molecular weight is 255 g/mol. The predicted octanol–water partition coefficient (Wildman–Crippen LogP) is 1.87. The molecule has 0 radical (unpaired) electrons. The van der Waals surface area contributed by atoms with Crippen molar-refractivity contribution >= 4 is 29.8 Å². The van der Waals surface area contributed by atoms with Gasteiger partial charge in [-0.05, 0) is 12.5 Å². The molecule has 1 aliphatic rings. The lowest BCUT2D eigenvalue weighted by molar-refractivity contribution is -0.123. The predicted molar refractivity (Wildman–Crippen MR) is 65.5 cm³/mol. The molecule has 0 fully saturated rings. The number of benzene rings is 1. The summed E-state index contributed by atoms with van der Waals surface area (Å²) in [5.41, 5.74) is 6.25. The van der Waals surface area contributed by atoms with Crippen LogP contribution in [0.4, 0.5) is 0 Å². The quantitative estimate of drug-likeness (QED) is 0.592. The number of carbonyl (C=O) groups excluding carboxylic acids is 2. The molecule has 2 rings (SSSR count). The largest absolute Gasteiger partial charge is 0.288 e. The highest BCUT2D eigenvalue weighted by Crippen LogP contribution is 2.22. The van der Waals surface area contributed by atoms with Gasteiger partial charge in [-0.1, -0.05) is 35.9 Å². The van der Waals surface area contributed by atoms with Gasteiger partial charge >= 0.3 is 0 Å². The first-order valence-electron chi connectivity index (χ1n) is 4.52. The standard InChI is InChI=1S/C11H9NO2.ClH.HNO/c1-7-9(11(14)12-10(7)13)8-5-3-2-4-6-8;;1-2/h2-6H,1H3,(H,12,13,14);1H;1H. The van der Waals surface area contributed by atoms with Crippen molar-refractivity contribution in [3.63, 3.8) is 0 Å². The van der Waals surface area contributed by atoms with Crippen LogP contribution in [0.5, 0.6) is 0 Å². The Hall–Kier alpha value is -2.01. The highest BCUT2D eigenvalue weighted by Gasteiger charge is 2.27. The molecule has 1 aromatic carbocycles. The van der Waals surface area contributed by atoms with E-state index in [0.717, 1.165) is 5.56 Å². The maximum atomic E-state index is 11.4. The number of imide groups is 1. The van der Waals surface area contributed by atoms with E-state index in [-0.39, 0.29) is 24.2 Å². The molecule has 90 valence electrons. The molecule has 0 aromatic heterocycles. The summed E-state index contributed by atoms with van der Waals surface area (Å²) in [6.07, 6.45) is 0. The van der Waals surface area contributed by atoms with Gasteiger partial charge in [0.15, 0.2) is 0 Å². The Morgan fingerprint density at radius 3 is 1.94 bits per heavy atom. The average Bonchev–Trinajstić information content (AvgIpc) is 2.57. The number of rotatable bonds is 1. The third kappa shape index (κ3) is 2.98. The molecule has 0 saturated carbocycles. The fourth-order valence-corrected chi connectivity index (χ4v) is 1.50. The number of nitrogens with one attached hydrogen (secondary N) is 2. The third-order valence-corrected chi connectivity index (χ3v) is 2.23. The molecule has 0 spiro atoms. The normalized spacial score (nSPS) is 13.5. The molecule has 1 aliphatic heterocycles. The molecule has 2 N–H and O–H groups in total. The van der Waals surface area contributed by atoms with Gasteiger partial charge in [0.05, 0.1) is 5.57 Å². The van der Waals surface area contributed by atoms with Gasteiger partial charge in [0.1, 0.15) is 0 Å². The van der Waals surface area contributed by atoms with Gasteiger partial charge in [-0.15, -0.1) is 12.4 Å². The SMILES string of the molecule is CC1=C(c2ccccc2)C(=O)NC1=O.Cl.N=O. The first-order chi connectivity index (χ1) is 7.70. The van der Waals surface area contributed by atoms with Crippen LogP contribution in [0.3, 0.4) is 0 Å². The van der Waals surface area contributed by atoms with Gasteiger partial charge in [0.2, 0.25) is 0 Å². The summed E-state index contributed by atoms with van der Waals surface area (Å²) in [6, 6.07) is 9.18. The summed E-state index contributed by atoms with van der Waals surface area (Å²) in [4.78, 5) is 30.1. The van der Waals surface area contributed by atoms with E-state index in [4.69, 9.17) is 4.91 Å². The first-order valence-corrected chi connectivity index (χ1v) is 4.52. The van der Waals surface area contributed by atoms with Gasteiger partial charge in [-0.2, -0.15) is 4.91 Å². The smallest absolute Gasteiger partial charge is 0.259 e. The van der Waals surface area contributed by atoms with Crippen molar-refractivity contribution in [2.75, 3.05) is 0 Å². The Bertz CT molecular complexity index is 457. The monoisotopic (exact) mass is 254 g/mol. The summed E-state index contributed by atoms with van der Waals surface area (Å²) >= 11 is 0. The van der Waals surface area contributed by atoms with Crippen LogP contribution in [0, 0.1) is 10.5 Å². The Labute approximate surface area is 104 Å². The molecular weight excluding hydrogens is 244 g/mol. The topological polar surface area (TPSA) is 87.1 Å². The molecule has 0 atom stereocenters. The van der Waals surface area contributed by atoms with Gasteiger partial charge in [0.25, 0.3) is 11.8 Å². The lowest BCUT2D eigenvalue weighted by Crippen LogP contribution is -2.22. The van der Waals surface area contributed by atoms with Crippen LogP contribution in [0.1, 0.15) is 12.5 Å². The molecule has 5 nitrogen and oxygen atoms in total. The van der Waals surface area contributed by atoms with Crippen LogP contribution in [0.2, 0.25) is 0 Å². The van der Waals surface area contributed by atoms with Crippen LogP contribution >= 0.6 is 12.4 Å². The second-order valence-electron chi connectivity index (χ2n) is 3.15. The van der Waals surface area contributed by atoms with Crippen LogP contribution in [0.15, 0.2) is 35.9 Å². The number of amides is 2. The fraction of sp³-hybridized carbons (Fsp3) is 0.0909. The first kappa shape index (κ1) is 15.0. The van der Waals surface area contributed by atoms with Crippen molar-refractivity contribution in [2.24, 2.45) is 0 Å². The van der Waals surface area contributed by atoms with E-state index < -0.39 is 0 Å². The summed E-state index contributed by atoms with van der Waals surface area (Å²) in [5, 5.41) is 2.26. The van der Waals surface area contributed by atoms with Crippen molar-refractivity contribution in [2.45, 2.75) is 6.92 Å². The van der Waals surface area contributed by atoms with Crippen LogP contribution in [-0.2, 0) is 9.59 Å². The Kier molecular flexibility index (Phi) is 5.77. The van der Waals surface area contributed by atoms with Crippen molar-refractivity contribution in [3.05, 3.63) is 46.4 Å². The molecule has 0 bridgehead atoms. The maximum Gasteiger partial charge on any atom is 0.259 e. The summed E-state index contributed by atoms with van der Waals surface area (Å²) in [5.74, 6) is -0.604. The third-order valence-electron chi connectivity index (χ3n) is 2.23. The number of halogens is 1. The van der Waals surface area contributed by atoms with Crippen molar-refractivity contribution in [1.29, 1.82) is 5.59 Å². The van der Waals surface area contributed by atoms with Crippen molar-refractivity contribution in [1.82, 2.24) is 5.32 Å². The van der Waals surface area contributed by atoms with Crippen molar-refractivity contribution < 1.29 is 9.59 Å². The van der Waals surface area contributed by atoms with Crippen LogP contribution in [-0.4, -0.2) is 11.8 Å². The highest BCUT2D eigenvalue weighted by atomic mass is 35.5. The molecule has 2 amide bonds. The van der Waals surface area contributed by atoms with Crippen LogP contribution < -0.4 is 5.32 Å². The Balaban J connectivity index is 0.000000811. The lowest BCUT2D eigenvalue weighted by Gasteiger charge is -1.99. The molecular formula is C11H11ClN2O3. The minimum Gasteiger partial charge on any atom is -0.288 e. The highest BCUT2D eigenvalue weighted by molar-refractivity contribution is 6.35. The number of carbonyl (C=O) groups is 2. The van der Waals surface area contributed by atoms with E-state index in [9.17, 15) is 9.59 Å². The zero-order chi connectivity index (χ0) is 12.1. The minimum absolute atomic E-state index is 0. The van der Waals surface area contributed by atoms with Gasteiger partial charge in [-0.25, -0.2) is 0 Å². The van der Waals surface area contributed by atoms with E-state index >= 15 is 0 Å². The maximum absolute atomic E-state index is 11.4. The molecule has 1 aromatic rings. The zero-order valence-corrected chi connectivity index (χ0v) is 9.84. The van der Waals surface area contributed by atoms with Crippen LogP contribution in [0.25, 0.3) is 5.57 Å². The van der Waals surface area contributed by atoms with Gasteiger partial charge in [-0.3, -0.25) is 14.9 Å². The number of nitroso groups, excluding NO2 is 1. The van der Waals surface area contributed by atoms with E-state index in [0.29, 0.717) is 11.1 Å². The van der Waals surface area contributed by atoms with E-state index in [1.165, 1.54) is 0 Å². The summed E-state index contributed by atoms with van der Waals surface area (Å²) < 4.78 is 0. The second-order valence-corrected chi connectivity index (χ2v) is 3.15. The second kappa shape index (κ2) is 6.55. The van der Waals surface area contributed by atoms with E-state index in [1.54, 1.807) is 6.92 Å². The molecule has 0 saturated heterocycles. The molecule has 0 unspecified atom stereocenters.